The molecule has 1 saturated heterocycles. The zero-order valence-corrected chi connectivity index (χ0v) is 18.2. The zero-order valence-electron chi connectivity index (χ0n) is 17.4. The first-order valence-electron chi connectivity index (χ1n) is 9.43. The van der Waals surface area contributed by atoms with Crippen LogP contribution in [-0.4, -0.2) is 37.9 Å². The number of nitrogens with zero attached hydrogens (tertiary/aromatic N) is 1. The molecule has 0 aliphatic carbocycles. The Balaban J connectivity index is 2.59. The SMILES string of the molecule is C=C(/C=C\C(F)=C/CF)[C@@]1(C)NC(=N)N(C)S(=O)(=O)[C@@H]1c1ccc(C(F)(F)CC)cc1. The van der Waals surface area contributed by atoms with E-state index in [1.807, 2.05) is 0 Å². The monoisotopic (exact) mass is 459 g/mol. The molecule has 0 unspecified atom stereocenters. The Morgan fingerprint density at radius 2 is 1.90 bits per heavy atom. The Hall–Kier alpha value is -2.62. The fourth-order valence-electron chi connectivity index (χ4n) is 3.33. The van der Waals surface area contributed by atoms with Crippen molar-refractivity contribution in [1.82, 2.24) is 9.62 Å². The lowest BCUT2D eigenvalue weighted by molar-refractivity contribution is -0.00829. The van der Waals surface area contributed by atoms with Crippen molar-refractivity contribution in [3.8, 4) is 0 Å². The van der Waals surface area contributed by atoms with E-state index >= 15 is 0 Å². The molecule has 0 saturated carbocycles. The van der Waals surface area contributed by atoms with E-state index in [0.29, 0.717) is 6.08 Å². The topological polar surface area (TPSA) is 73.3 Å². The van der Waals surface area contributed by atoms with Gasteiger partial charge in [0.25, 0.3) is 5.92 Å². The van der Waals surface area contributed by atoms with Gasteiger partial charge >= 0.3 is 0 Å². The van der Waals surface area contributed by atoms with Gasteiger partial charge in [0.2, 0.25) is 16.0 Å². The zero-order chi connectivity index (χ0) is 23.6. The van der Waals surface area contributed by atoms with Crippen molar-refractivity contribution in [2.24, 2.45) is 0 Å². The van der Waals surface area contributed by atoms with E-state index < -0.39 is 51.6 Å². The van der Waals surface area contributed by atoms with Gasteiger partial charge in [0.1, 0.15) is 17.8 Å². The lowest BCUT2D eigenvalue weighted by Crippen LogP contribution is -2.64. The van der Waals surface area contributed by atoms with Crippen LogP contribution >= 0.6 is 0 Å². The predicted molar refractivity (Wildman–Crippen MR) is 113 cm³/mol. The van der Waals surface area contributed by atoms with E-state index in [1.54, 1.807) is 0 Å². The summed E-state index contributed by atoms with van der Waals surface area (Å²) >= 11 is 0. The third-order valence-electron chi connectivity index (χ3n) is 5.36. The normalized spacial score (nSPS) is 24.4. The van der Waals surface area contributed by atoms with Crippen LogP contribution in [0, 0.1) is 5.41 Å². The quantitative estimate of drug-likeness (QED) is 0.458. The maximum Gasteiger partial charge on any atom is 0.273 e. The first kappa shape index (κ1) is 24.6. The highest BCUT2D eigenvalue weighted by Crippen LogP contribution is 2.43. The summed E-state index contributed by atoms with van der Waals surface area (Å²) in [7, 11) is -2.97. The highest BCUT2D eigenvalue weighted by Gasteiger charge is 2.52. The molecule has 1 aliphatic rings. The van der Waals surface area contributed by atoms with Crippen molar-refractivity contribution in [2.75, 3.05) is 13.7 Å². The molecule has 1 aliphatic heterocycles. The Morgan fingerprint density at radius 1 is 1.32 bits per heavy atom. The molecule has 5 nitrogen and oxygen atoms in total. The van der Waals surface area contributed by atoms with Crippen LogP contribution in [0.4, 0.5) is 17.6 Å². The lowest BCUT2D eigenvalue weighted by atomic mass is 9.84. The lowest BCUT2D eigenvalue weighted by Gasteiger charge is -2.46. The molecule has 0 aromatic heterocycles. The molecule has 0 spiro atoms. The minimum Gasteiger partial charge on any atom is -0.345 e. The van der Waals surface area contributed by atoms with E-state index in [1.165, 1.54) is 39.1 Å². The van der Waals surface area contributed by atoms with Crippen LogP contribution in [0.5, 0.6) is 0 Å². The van der Waals surface area contributed by atoms with Crippen LogP contribution in [0.15, 0.2) is 60.5 Å². The summed E-state index contributed by atoms with van der Waals surface area (Å²) in [5, 5.41) is 9.43. The third-order valence-corrected chi connectivity index (χ3v) is 7.64. The third kappa shape index (κ3) is 4.68. The molecule has 0 bridgehead atoms. The van der Waals surface area contributed by atoms with Gasteiger partial charge in [0.15, 0.2) is 0 Å². The summed E-state index contributed by atoms with van der Waals surface area (Å²) in [4.78, 5) is 0. The summed E-state index contributed by atoms with van der Waals surface area (Å²) in [5.41, 5.74) is -1.47. The molecule has 1 aromatic rings. The van der Waals surface area contributed by atoms with Crippen LogP contribution in [0.2, 0.25) is 0 Å². The van der Waals surface area contributed by atoms with Crippen LogP contribution in [0.3, 0.4) is 0 Å². The number of allylic oxidation sites excluding steroid dienone is 3. The summed E-state index contributed by atoms with van der Waals surface area (Å²) in [5.74, 6) is -4.36. The van der Waals surface area contributed by atoms with Crippen molar-refractivity contribution in [3.63, 3.8) is 0 Å². The number of alkyl halides is 3. The number of sulfonamides is 1. The van der Waals surface area contributed by atoms with Gasteiger partial charge in [-0.3, -0.25) is 5.41 Å². The molecule has 0 radical (unpaired) electrons. The molecule has 170 valence electrons. The fraction of sp³-hybridized carbons (Fsp3) is 0.381. The molecule has 2 rings (SSSR count). The molecule has 1 aromatic carbocycles. The molecule has 10 heteroatoms. The van der Waals surface area contributed by atoms with Gasteiger partial charge in [0.05, 0.1) is 5.54 Å². The van der Waals surface area contributed by atoms with Crippen molar-refractivity contribution in [3.05, 3.63) is 71.6 Å². The Labute approximate surface area is 179 Å². The number of guanidine groups is 1. The van der Waals surface area contributed by atoms with E-state index in [-0.39, 0.29) is 16.7 Å². The van der Waals surface area contributed by atoms with Crippen LogP contribution in [0.1, 0.15) is 36.6 Å². The highest BCUT2D eigenvalue weighted by atomic mass is 32.2. The average molecular weight is 460 g/mol. The van der Waals surface area contributed by atoms with Crippen molar-refractivity contribution in [2.45, 2.75) is 37.0 Å². The average Bonchev–Trinajstić information content (AvgIpc) is 2.70. The molecular formula is C21H25F4N3O2S. The molecule has 0 amide bonds. The molecule has 1 heterocycles. The predicted octanol–water partition coefficient (Wildman–Crippen LogP) is 4.72. The summed E-state index contributed by atoms with van der Waals surface area (Å²) in [6.45, 7) is 5.61. The van der Waals surface area contributed by atoms with Crippen LogP contribution in [0.25, 0.3) is 0 Å². The first-order chi connectivity index (χ1) is 14.3. The molecule has 2 N–H and O–H groups in total. The second kappa shape index (κ2) is 8.86. The van der Waals surface area contributed by atoms with Gasteiger partial charge in [-0.25, -0.2) is 30.3 Å². The van der Waals surface area contributed by atoms with Crippen LogP contribution < -0.4 is 5.32 Å². The largest absolute Gasteiger partial charge is 0.345 e. The highest BCUT2D eigenvalue weighted by molar-refractivity contribution is 7.90. The van der Waals surface area contributed by atoms with E-state index in [9.17, 15) is 26.0 Å². The smallest absolute Gasteiger partial charge is 0.273 e. The van der Waals surface area contributed by atoms with E-state index in [2.05, 4.69) is 11.9 Å². The second-order valence-electron chi connectivity index (χ2n) is 7.35. The second-order valence-corrected chi connectivity index (χ2v) is 9.40. The molecular weight excluding hydrogens is 434 g/mol. The number of nitrogens with one attached hydrogen (secondary N) is 2. The Bertz CT molecular complexity index is 1020. The minimum absolute atomic E-state index is 0.101. The minimum atomic E-state index is -4.16. The van der Waals surface area contributed by atoms with E-state index in [4.69, 9.17) is 5.41 Å². The number of rotatable bonds is 7. The summed E-state index contributed by atoms with van der Waals surface area (Å²) in [6, 6.07) is 4.92. The number of hydrogen-bond donors (Lipinski definition) is 2. The van der Waals surface area contributed by atoms with Gasteiger partial charge in [-0.2, -0.15) is 0 Å². The van der Waals surface area contributed by atoms with Gasteiger partial charge in [-0.15, -0.1) is 0 Å². The van der Waals surface area contributed by atoms with Gasteiger partial charge in [0, 0.05) is 19.0 Å². The molecule has 31 heavy (non-hydrogen) atoms. The van der Waals surface area contributed by atoms with Crippen LogP contribution in [-0.2, 0) is 15.9 Å². The number of hydrogen-bond acceptors (Lipinski definition) is 3. The van der Waals surface area contributed by atoms with E-state index in [0.717, 1.165) is 22.5 Å². The maximum atomic E-state index is 14.0. The fourth-order valence-corrected chi connectivity index (χ4v) is 5.25. The standard InChI is InChI=1S/C21H25F4N3O2S/c1-5-21(24,25)16-9-7-15(8-10-16)18-20(3,14(2)6-11-17(23)12-13-22)27-19(26)28(4)31(18,29)30/h6-12,18H,2,5,13H2,1,3-4H3,(H2,26,27)/b11-6-,17-12+/t18-,20-/m1/s1. The summed E-state index contributed by atoms with van der Waals surface area (Å²) in [6.07, 6.45) is 2.41. The number of benzene rings is 1. The maximum absolute atomic E-state index is 14.0. The van der Waals surface area contributed by atoms with Gasteiger partial charge in [-0.05, 0) is 30.2 Å². The molecule has 2 atom stereocenters. The van der Waals surface area contributed by atoms with Crippen molar-refractivity contribution < 1.29 is 26.0 Å². The Morgan fingerprint density at radius 3 is 2.42 bits per heavy atom. The first-order valence-corrected chi connectivity index (χ1v) is 10.9. The van der Waals surface area contributed by atoms with Gasteiger partial charge < -0.3 is 5.32 Å². The van der Waals surface area contributed by atoms with Gasteiger partial charge in [-0.1, -0.05) is 43.8 Å². The van der Waals surface area contributed by atoms with Crippen molar-refractivity contribution in [1.29, 1.82) is 5.41 Å². The van der Waals surface area contributed by atoms with Crippen molar-refractivity contribution >= 4 is 16.0 Å². The molecule has 1 fully saturated rings. The number of halogens is 4. The Kier molecular flexibility index (Phi) is 7.04. The summed E-state index contributed by atoms with van der Waals surface area (Å²) < 4.78 is 81.0.